The van der Waals surface area contributed by atoms with E-state index in [-0.39, 0.29) is 23.0 Å². The second-order valence-corrected chi connectivity index (χ2v) is 14.0. The lowest BCUT2D eigenvalue weighted by Gasteiger charge is -2.26. The topological polar surface area (TPSA) is 102 Å². The molecule has 1 atom stereocenters. The highest BCUT2D eigenvalue weighted by molar-refractivity contribution is 9.10. The van der Waals surface area contributed by atoms with Crippen molar-refractivity contribution in [1.29, 1.82) is 0 Å². The molecule has 1 spiro atoms. The van der Waals surface area contributed by atoms with E-state index in [1.165, 1.54) is 16.1 Å². The number of halogens is 1. The van der Waals surface area contributed by atoms with Gasteiger partial charge in [0.05, 0.1) is 22.2 Å². The van der Waals surface area contributed by atoms with Crippen LogP contribution >= 0.6 is 15.9 Å². The first-order valence-corrected chi connectivity index (χ1v) is 15.5. The largest absolute Gasteiger partial charge is 0.444 e. The number of amides is 2. The number of hydrogen-bond donors (Lipinski definition) is 0. The number of aromatic nitrogens is 2. The Morgan fingerprint density at radius 3 is 2.32 bits per heavy atom. The fraction of sp³-hybridized carbons (Fsp3) is 0.300. The number of likely N-dealkylation sites (N-methyl/N-ethyl adjacent to an activating group) is 1. The smallest absolute Gasteiger partial charge is 0.410 e. The van der Waals surface area contributed by atoms with Gasteiger partial charge in [-0.1, -0.05) is 48.5 Å². The van der Waals surface area contributed by atoms with Gasteiger partial charge < -0.3 is 14.5 Å². The number of likely N-dealkylation sites (tertiary alicyclic amines) is 1. The van der Waals surface area contributed by atoms with Gasteiger partial charge in [-0.15, -0.1) is 0 Å². The molecule has 2 aliphatic rings. The molecule has 212 valence electrons. The zero-order valence-corrected chi connectivity index (χ0v) is 25.5. The Morgan fingerprint density at radius 2 is 1.68 bits per heavy atom. The fourth-order valence-electron chi connectivity index (χ4n) is 5.91. The Hall–Kier alpha value is -3.70. The van der Waals surface area contributed by atoms with Crippen molar-refractivity contribution < 1.29 is 22.7 Å². The number of nitrogens with zero attached hydrogens (tertiary/aromatic N) is 4. The van der Waals surface area contributed by atoms with Gasteiger partial charge in [0.25, 0.3) is 10.0 Å². The highest BCUT2D eigenvalue weighted by Crippen LogP contribution is 2.53. The van der Waals surface area contributed by atoms with E-state index in [4.69, 9.17) is 4.74 Å². The number of anilines is 1. The van der Waals surface area contributed by atoms with E-state index >= 15 is 0 Å². The van der Waals surface area contributed by atoms with Crippen molar-refractivity contribution in [2.45, 2.75) is 43.1 Å². The second kappa shape index (κ2) is 9.42. The molecule has 4 heterocycles. The summed E-state index contributed by atoms with van der Waals surface area (Å²) in [7, 11) is -2.39. The van der Waals surface area contributed by atoms with Crippen molar-refractivity contribution in [2.24, 2.45) is 0 Å². The van der Waals surface area contributed by atoms with Crippen LogP contribution in [0.1, 0.15) is 32.8 Å². The van der Waals surface area contributed by atoms with Crippen LogP contribution < -0.4 is 4.90 Å². The standard InChI is InChI=1S/C30H29BrN4O5S/c1-29(2,3)40-28(37)34-16-15-30(18-34)24-21(33(4)27(30)36)17-32-26-23(24)22(19-11-7-5-8-12-19)25(31)35(26)41(38,39)20-13-9-6-10-14-20/h5-14,17H,15-16,18H2,1-4H3. The van der Waals surface area contributed by atoms with E-state index in [9.17, 15) is 18.0 Å². The lowest BCUT2D eigenvalue weighted by Crippen LogP contribution is -2.43. The number of carbonyl (C=O) groups is 2. The Labute approximate surface area is 246 Å². The highest BCUT2D eigenvalue weighted by Gasteiger charge is 2.56. The highest BCUT2D eigenvalue weighted by atomic mass is 79.9. The Bertz CT molecular complexity index is 1820. The van der Waals surface area contributed by atoms with Crippen molar-refractivity contribution >= 4 is 54.7 Å². The molecule has 4 aromatic rings. The summed E-state index contributed by atoms with van der Waals surface area (Å²) in [6, 6.07) is 17.6. The van der Waals surface area contributed by atoms with Crippen LogP contribution in [0.15, 0.2) is 76.4 Å². The van der Waals surface area contributed by atoms with E-state index in [1.54, 1.807) is 62.0 Å². The van der Waals surface area contributed by atoms with Gasteiger partial charge in [-0.05, 0) is 60.8 Å². The molecular formula is C30H29BrN4O5S. The van der Waals surface area contributed by atoms with Gasteiger partial charge in [0.1, 0.15) is 10.2 Å². The quantitative estimate of drug-likeness (QED) is 0.292. The number of hydrogen-bond acceptors (Lipinski definition) is 6. The number of fused-ring (bicyclic) bond motifs is 4. The normalized spacial score (nSPS) is 18.9. The van der Waals surface area contributed by atoms with Crippen LogP contribution in [0.4, 0.5) is 10.5 Å². The van der Waals surface area contributed by atoms with Crippen LogP contribution in [0, 0.1) is 0 Å². The van der Waals surface area contributed by atoms with Gasteiger partial charge in [-0.2, -0.15) is 0 Å². The van der Waals surface area contributed by atoms with Crippen molar-refractivity contribution in [3.05, 3.63) is 77.0 Å². The fourth-order valence-corrected chi connectivity index (χ4v) is 8.46. The third-order valence-electron chi connectivity index (χ3n) is 7.68. The second-order valence-electron chi connectivity index (χ2n) is 11.4. The number of ether oxygens (including phenoxy) is 1. The molecule has 2 aromatic carbocycles. The molecule has 41 heavy (non-hydrogen) atoms. The zero-order chi connectivity index (χ0) is 29.3. The molecule has 0 radical (unpaired) electrons. The van der Waals surface area contributed by atoms with Gasteiger partial charge in [0, 0.05) is 36.7 Å². The summed E-state index contributed by atoms with van der Waals surface area (Å²) in [5, 5.41) is 0.559. The van der Waals surface area contributed by atoms with Crippen LogP contribution in [-0.2, 0) is 25.0 Å². The molecule has 6 rings (SSSR count). The average molecular weight is 638 g/mol. The molecule has 2 amide bonds. The molecule has 2 aliphatic heterocycles. The molecule has 11 heteroatoms. The maximum Gasteiger partial charge on any atom is 0.410 e. The number of benzene rings is 2. The molecule has 1 fully saturated rings. The number of pyridine rings is 1. The van der Waals surface area contributed by atoms with Crippen molar-refractivity contribution in [2.75, 3.05) is 25.0 Å². The predicted octanol–water partition coefficient (Wildman–Crippen LogP) is 5.56. The number of carbonyl (C=O) groups excluding carboxylic acids is 2. The van der Waals surface area contributed by atoms with Gasteiger partial charge in [-0.3, -0.25) is 4.79 Å². The van der Waals surface area contributed by atoms with Crippen molar-refractivity contribution in [3.8, 4) is 11.1 Å². The third-order valence-corrected chi connectivity index (χ3v) is 10.4. The summed E-state index contributed by atoms with van der Waals surface area (Å²) >= 11 is 3.63. The van der Waals surface area contributed by atoms with Crippen molar-refractivity contribution in [3.63, 3.8) is 0 Å². The summed E-state index contributed by atoms with van der Waals surface area (Å²) in [6.07, 6.45) is 1.43. The van der Waals surface area contributed by atoms with Crippen LogP contribution in [0.25, 0.3) is 22.2 Å². The van der Waals surface area contributed by atoms with Crippen LogP contribution in [0.2, 0.25) is 0 Å². The Morgan fingerprint density at radius 1 is 1.05 bits per heavy atom. The third kappa shape index (κ3) is 4.16. The maximum absolute atomic E-state index is 14.1. The van der Waals surface area contributed by atoms with E-state index in [0.29, 0.717) is 39.8 Å². The SMILES string of the molecule is CN1C(=O)C2(CCN(C(=O)OC(C)(C)C)C2)c2c1cnc1c2c(-c2ccccc2)c(Br)n1S(=O)(=O)c1ccccc1. The summed E-state index contributed by atoms with van der Waals surface area (Å²) in [5.74, 6) is -0.165. The zero-order valence-electron chi connectivity index (χ0n) is 23.1. The first-order chi connectivity index (χ1) is 19.4. The predicted molar refractivity (Wildman–Crippen MR) is 159 cm³/mol. The minimum absolute atomic E-state index is 0.111. The first-order valence-electron chi connectivity index (χ1n) is 13.2. The van der Waals surface area contributed by atoms with E-state index in [1.807, 2.05) is 30.3 Å². The summed E-state index contributed by atoms with van der Waals surface area (Å²) < 4.78 is 35.3. The maximum atomic E-state index is 14.1. The monoisotopic (exact) mass is 636 g/mol. The minimum atomic E-state index is -4.08. The molecule has 0 bridgehead atoms. The average Bonchev–Trinajstić information content (AvgIpc) is 3.57. The first kappa shape index (κ1) is 27.5. The van der Waals surface area contributed by atoms with E-state index in [2.05, 4.69) is 20.9 Å². The molecule has 1 saturated heterocycles. The van der Waals surface area contributed by atoms with Gasteiger partial charge in [0.2, 0.25) is 5.91 Å². The van der Waals surface area contributed by atoms with Crippen molar-refractivity contribution in [1.82, 2.24) is 13.9 Å². The molecule has 9 nitrogen and oxygen atoms in total. The molecule has 0 aliphatic carbocycles. The molecule has 2 aromatic heterocycles. The van der Waals surface area contributed by atoms with Crippen LogP contribution in [-0.4, -0.2) is 60.0 Å². The Balaban J connectivity index is 1.65. The lowest BCUT2D eigenvalue weighted by molar-refractivity contribution is -0.122. The van der Waals surface area contributed by atoms with E-state index in [0.717, 1.165) is 5.56 Å². The van der Waals surface area contributed by atoms with E-state index < -0.39 is 27.1 Å². The van der Waals surface area contributed by atoms with Crippen LogP contribution in [0.5, 0.6) is 0 Å². The molecular weight excluding hydrogens is 608 g/mol. The summed E-state index contributed by atoms with van der Waals surface area (Å²) in [4.78, 5) is 35.0. The molecule has 0 saturated carbocycles. The van der Waals surface area contributed by atoms with Gasteiger partial charge in [-0.25, -0.2) is 22.2 Å². The molecule has 1 unspecified atom stereocenters. The number of rotatable bonds is 3. The minimum Gasteiger partial charge on any atom is -0.444 e. The van der Waals surface area contributed by atoms with Gasteiger partial charge >= 0.3 is 6.09 Å². The van der Waals surface area contributed by atoms with Crippen LogP contribution in [0.3, 0.4) is 0 Å². The molecule has 0 N–H and O–H groups in total. The van der Waals surface area contributed by atoms with Gasteiger partial charge in [0.15, 0.2) is 5.65 Å². The lowest BCUT2D eigenvalue weighted by atomic mass is 9.79. The summed E-state index contributed by atoms with van der Waals surface area (Å²) in [6.45, 7) is 5.84. The summed E-state index contributed by atoms with van der Waals surface area (Å²) in [5.41, 5.74) is 1.07. The Kier molecular flexibility index (Phi) is 6.31.